The monoisotopic (exact) mass is 136 g/mol. The zero-order valence-corrected chi connectivity index (χ0v) is 5.98. The van der Waals surface area contributed by atoms with E-state index in [0.717, 1.165) is 13.1 Å². The van der Waals surface area contributed by atoms with E-state index in [1.165, 1.54) is 24.0 Å². The second-order valence-electron chi connectivity index (χ2n) is 2.79. The Hall–Kier alpha value is -0.760. The third-order valence-corrected chi connectivity index (χ3v) is 2.04. The summed E-state index contributed by atoms with van der Waals surface area (Å²) < 4.78 is 0. The van der Waals surface area contributed by atoms with Gasteiger partial charge in [-0.2, -0.15) is 0 Å². The van der Waals surface area contributed by atoms with Crippen LogP contribution in [0.25, 0.3) is 0 Å². The minimum Gasteiger partial charge on any atom is -0.367 e. The van der Waals surface area contributed by atoms with Gasteiger partial charge in [0.2, 0.25) is 0 Å². The molecule has 0 saturated carbocycles. The van der Waals surface area contributed by atoms with Gasteiger partial charge in [-0.1, -0.05) is 0 Å². The fourth-order valence-corrected chi connectivity index (χ4v) is 1.45. The van der Waals surface area contributed by atoms with Crippen LogP contribution in [0.2, 0.25) is 0 Å². The Labute approximate surface area is 60.6 Å². The van der Waals surface area contributed by atoms with Gasteiger partial charge in [-0.25, -0.2) is 0 Å². The van der Waals surface area contributed by atoms with Gasteiger partial charge in [-0.15, -0.1) is 0 Å². The van der Waals surface area contributed by atoms with Crippen molar-refractivity contribution in [3.8, 4) is 0 Å². The molecule has 0 saturated heterocycles. The quantitative estimate of drug-likeness (QED) is 0.548. The lowest BCUT2D eigenvalue weighted by atomic mass is 10.1. The molecule has 2 heteroatoms. The van der Waals surface area contributed by atoms with Crippen molar-refractivity contribution in [3.05, 3.63) is 23.5 Å². The smallest absolute Gasteiger partial charge is 0.0223 e. The van der Waals surface area contributed by atoms with Gasteiger partial charge in [0.25, 0.3) is 0 Å². The first-order valence-electron chi connectivity index (χ1n) is 3.82. The average molecular weight is 136 g/mol. The number of aromatic amines is 1. The molecule has 2 nitrogen and oxygen atoms in total. The summed E-state index contributed by atoms with van der Waals surface area (Å²) in [5, 5.41) is 3.37. The molecule has 2 N–H and O–H groups in total. The van der Waals surface area contributed by atoms with Gasteiger partial charge in [0.05, 0.1) is 0 Å². The van der Waals surface area contributed by atoms with E-state index in [0.29, 0.717) is 0 Å². The zero-order chi connectivity index (χ0) is 6.81. The van der Waals surface area contributed by atoms with Crippen molar-refractivity contribution < 1.29 is 0 Å². The van der Waals surface area contributed by atoms with Gasteiger partial charge >= 0.3 is 0 Å². The minimum absolute atomic E-state index is 1.04. The number of H-pyrrole nitrogens is 1. The Morgan fingerprint density at radius 3 is 3.10 bits per heavy atom. The van der Waals surface area contributed by atoms with Crippen molar-refractivity contribution in [3.63, 3.8) is 0 Å². The van der Waals surface area contributed by atoms with Crippen LogP contribution in [0.15, 0.2) is 12.4 Å². The number of hydrogen-bond acceptors (Lipinski definition) is 1. The Kier molecular flexibility index (Phi) is 1.47. The van der Waals surface area contributed by atoms with Crippen LogP contribution in [-0.2, 0) is 13.0 Å². The first-order valence-corrected chi connectivity index (χ1v) is 3.82. The van der Waals surface area contributed by atoms with E-state index in [-0.39, 0.29) is 0 Å². The predicted octanol–water partition coefficient (Wildman–Crippen LogP) is 1.05. The number of hydrogen-bond donors (Lipinski definition) is 2. The summed E-state index contributed by atoms with van der Waals surface area (Å²) in [5.41, 5.74) is 2.93. The largest absolute Gasteiger partial charge is 0.367 e. The lowest BCUT2D eigenvalue weighted by Crippen LogP contribution is -2.11. The van der Waals surface area contributed by atoms with E-state index in [2.05, 4.69) is 22.7 Å². The van der Waals surface area contributed by atoms with Gasteiger partial charge in [-0.05, 0) is 30.5 Å². The molecule has 0 atom stereocenters. The number of fused-ring (bicyclic) bond motifs is 1. The van der Waals surface area contributed by atoms with Crippen LogP contribution in [0.4, 0.5) is 0 Å². The summed E-state index contributed by atoms with van der Waals surface area (Å²) >= 11 is 0. The molecule has 54 valence electrons. The summed E-state index contributed by atoms with van der Waals surface area (Å²) in [5.74, 6) is 0. The molecule has 0 fully saturated rings. The molecule has 0 bridgehead atoms. The van der Waals surface area contributed by atoms with E-state index >= 15 is 0 Å². The lowest BCUT2D eigenvalue weighted by Gasteiger charge is -1.94. The number of aryl methyl sites for hydroxylation is 1. The van der Waals surface area contributed by atoms with Crippen molar-refractivity contribution in [2.75, 3.05) is 6.54 Å². The van der Waals surface area contributed by atoms with E-state index in [1.807, 2.05) is 0 Å². The lowest BCUT2D eigenvalue weighted by molar-refractivity contribution is 0.679. The molecule has 0 aliphatic carbocycles. The molecule has 0 radical (unpaired) electrons. The second kappa shape index (κ2) is 2.46. The Morgan fingerprint density at radius 2 is 2.10 bits per heavy atom. The van der Waals surface area contributed by atoms with Crippen LogP contribution < -0.4 is 5.32 Å². The van der Waals surface area contributed by atoms with Crippen LogP contribution in [-0.4, -0.2) is 11.5 Å². The number of rotatable bonds is 0. The second-order valence-corrected chi connectivity index (χ2v) is 2.79. The van der Waals surface area contributed by atoms with Gasteiger partial charge < -0.3 is 10.3 Å². The first-order chi connectivity index (χ1) is 4.97. The molecule has 0 amide bonds. The summed E-state index contributed by atoms with van der Waals surface area (Å²) in [6.07, 6.45) is 6.70. The van der Waals surface area contributed by atoms with Crippen molar-refractivity contribution in [2.24, 2.45) is 0 Å². The third-order valence-electron chi connectivity index (χ3n) is 2.04. The molecular formula is C8H12N2. The van der Waals surface area contributed by atoms with Crippen LogP contribution in [0.3, 0.4) is 0 Å². The van der Waals surface area contributed by atoms with Crippen molar-refractivity contribution in [1.82, 2.24) is 10.3 Å². The number of aromatic nitrogens is 1. The SMILES string of the molecule is c1[nH]cc2c1CCCNC2. The summed E-state index contributed by atoms with van der Waals surface area (Å²) in [7, 11) is 0. The molecular weight excluding hydrogens is 124 g/mol. The molecule has 2 rings (SSSR count). The Morgan fingerprint density at radius 1 is 1.20 bits per heavy atom. The van der Waals surface area contributed by atoms with E-state index < -0.39 is 0 Å². The molecule has 10 heavy (non-hydrogen) atoms. The van der Waals surface area contributed by atoms with Crippen LogP contribution >= 0.6 is 0 Å². The predicted molar refractivity (Wildman–Crippen MR) is 40.8 cm³/mol. The molecule has 1 aliphatic rings. The molecule has 0 spiro atoms. The average Bonchev–Trinajstić information content (AvgIpc) is 2.28. The Bertz CT molecular complexity index is 194. The molecule has 0 aromatic carbocycles. The maximum absolute atomic E-state index is 3.37. The maximum atomic E-state index is 3.37. The van der Waals surface area contributed by atoms with E-state index in [9.17, 15) is 0 Å². The van der Waals surface area contributed by atoms with Crippen LogP contribution in [0.5, 0.6) is 0 Å². The highest BCUT2D eigenvalue weighted by molar-refractivity contribution is 5.23. The van der Waals surface area contributed by atoms with Crippen molar-refractivity contribution in [1.29, 1.82) is 0 Å². The number of nitrogens with one attached hydrogen (secondary N) is 2. The topological polar surface area (TPSA) is 27.8 Å². The highest BCUT2D eigenvalue weighted by atomic mass is 14.9. The van der Waals surface area contributed by atoms with Gasteiger partial charge in [-0.3, -0.25) is 0 Å². The molecule has 1 aromatic heterocycles. The third kappa shape index (κ3) is 0.948. The highest BCUT2D eigenvalue weighted by Gasteiger charge is 2.05. The maximum Gasteiger partial charge on any atom is 0.0223 e. The van der Waals surface area contributed by atoms with E-state index in [1.54, 1.807) is 0 Å². The van der Waals surface area contributed by atoms with Crippen LogP contribution in [0, 0.1) is 0 Å². The normalized spacial score (nSPS) is 18.0. The standard InChI is InChI=1S/C8H12N2/c1-2-7-4-10-6-8(7)5-9-3-1/h4,6,9-10H,1-3,5H2. The summed E-state index contributed by atoms with van der Waals surface area (Å²) in [4.78, 5) is 3.13. The van der Waals surface area contributed by atoms with Gasteiger partial charge in [0.1, 0.15) is 0 Å². The zero-order valence-electron chi connectivity index (χ0n) is 5.98. The highest BCUT2D eigenvalue weighted by Crippen LogP contribution is 2.12. The fourth-order valence-electron chi connectivity index (χ4n) is 1.45. The van der Waals surface area contributed by atoms with Gasteiger partial charge in [0.15, 0.2) is 0 Å². The summed E-state index contributed by atoms with van der Waals surface area (Å²) in [6, 6.07) is 0. The first kappa shape index (κ1) is 5.98. The minimum atomic E-state index is 1.04. The van der Waals surface area contributed by atoms with Crippen molar-refractivity contribution in [2.45, 2.75) is 19.4 Å². The van der Waals surface area contributed by atoms with E-state index in [4.69, 9.17) is 0 Å². The Balaban J connectivity index is 2.28. The summed E-state index contributed by atoms with van der Waals surface area (Å²) in [6.45, 7) is 2.20. The molecule has 1 aliphatic heterocycles. The van der Waals surface area contributed by atoms with Crippen LogP contribution in [0.1, 0.15) is 17.5 Å². The van der Waals surface area contributed by atoms with Gasteiger partial charge in [0, 0.05) is 18.9 Å². The molecule has 0 unspecified atom stereocenters. The molecule has 2 heterocycles. The fraction of sp³-hybridized carbons (Fsp3) is 0.500. The van der Waals surface area contributed by atoms with Crippen molar-refractivity contribution >= 4 is 0 Å². The molecule has 1 aromatic rings.